The highest BCUT2D eigenvalue weighted by Gasteiger charge is 2.24. The predicted molar refractivity (Wildman–Crippen MR) is 243 cm³/mol. The molecule has 0 amide bonds. The Bertz CT molecular complexity index is 2640. The fourth-order valence-electron chi connectivity index (χ4n) is 7.13. The van der Waals surface area contributed by atoms with Crippen molar-refractivity contribution in [1.29, 1.82) is 10.8 Å². The SMILES string of the molecule is C=NC(=N)c1ccccc1.Cc1ccccc1.N=Cc1ccc(C2CC=CC=C2c2ccccc2)c2sc3c(-c4ccccc4)cc(-c4ccccc4)cc3c12. The Morgan fingerprint density at radius 1 is 0.661 bits per heavy atom. The number of aliphatic imine (C=N–C) groups is 1. The first-order valence-corrected chi connectivity index (χ1v) is 19.6. The second-order valence-corrected chi connectivity index (χ2v) is 14.6. The van der Waals surface area contributed by atoms with Crippen molar-refractivity contribution in [3.63, 3.8) is 0 Å². The van der Waals surface area contributed by atoms with Crippen molar-refractivity contribution in [3.8, 4) is 22.3 Å². The number of hydrogen-bond acceptors (Lipinski definition) is 3. The van der Waals surface area contributed by atoms with E-state index in [-0.39, 0.29) is 11.8 Å². The molecule has 2 N–H and O–H groups in total. The van der Waals surface area contributed by atoms with Crippen LogP contribution in [0.5, 0.6) is 0 Å². The van der Waals surface area contributed by atoms with Crippen LogP contribution in [-0.2, 0) is 0 Å². The van der Waals surface area contributed by atoms with E-state index in [4.69, 9.17) is 10.8 Å². The van der Waals surface area contributed by atoms with E-state index in [1.807, 2.05) is 59.9 Å². The molecular formula is C52H43N3S. The van der Waals surface area contributed by atoms with Crippen molar-refractivity contribution >= 4 is 55.8 Å². The van der Waals surface area contributed by atoms with Crippen LogP contribution in [-0.4, -0.2) is 18.8 Å². The topological polar surface area (TPSA) is 60.1 Å². The molecule has 0 saturated heterocycles. The highest BCUT2D eigenvalue weighted by molar-refractivity contribution is 7.26. The van der Waals surface area contributed by atoms with E-state index in [1.165, 1.54) is 70.9 Å². The third kappa shape index (κ3) is 8.47. The molecule has 8 aromatic rings. The van der Waals surface area contributed by atoms with Crippen molar-refractivity contribution in [2.24, 2.45) is 4.99 Å². The molecule has 3 nitrogen and oxygen atoms in total. The normalized spacial score (nSPS) is 13.1. The van der Waals surface area contributed by atoms with Gasteiger partial charge in [-0.05, 0) is 65.6 Å². The van der Waals surface area contributed by atoms with Gasteiger partial charge in [0, 0.05) is 49.0 Å². The smallest absolute Gasteiger partial charge is 0.151 e. The number of allylic oxidation sites excluding steroid dienone is 4. The summed E-state index contributed by atoms with van der Waals surface area (Å²) in [6.45, 7) is 5.35. The van der Waals surface area contributed by atoms with Crippen LogP contribution in [0.2, 0.25) is 0 Å². The second-order valence-electron chi connectivity index (χ2n) is 13.6. The molecule has 7 aromatic carbocycles. The van der Waals surface area contributed by atoms with Gasteiger partial charge in [-0.1, -0.05) is 188 Å². The maximum atomic E-state index is 8.32. The first-order valence-electron chi connectivity index (χ1n) is 18.7. The molecule has 56 heavy (non-hydrogen) atoms. The van der Waals surface area contributed by atoms with E-state index in [0.29, 0.717) is 0 Å². The van der Waals surface area contributed by atoms with Gasteiger partial charge in [-0.25, -0.2) is 4.99 Å². The van der Waals surface area contributed by atoms with Crippen LogP contribution >= 0.6 is 11.3 Å². The molecule has 1 unspecified atom stereocenters. The average Bonchev–Trinajstić information content (AvgIpc) is 3.67. The average molecular weight is 742 g/mol. The summed E-state index contributed by atoms with van der Waals surface area (Å²) in [5.41, 5.74) is 11.9. The third-order valence-corrected chi connectivity index (χ3v) is 11.2. The quantitative estimate of drug-likeness (QED) is 0.126. The number of fused-ring (bicyclic) bond motifs is 3. The molecule has 1 aromatic heterocycles. The van der Waals surface area contributed by atoms with Gasteiger partial charge in [0.1, 0.15) is 0 Å². The molecule has 0 saturated carbocycles. The van der Waals surface area contributed by atoms with Crippen LogP contribution in [0.3, 0.4) is 0 Å². The first-order chi connectivity index (χ1) is 27.6. The zero-order valence-corrected chi connectivity index (χ0v) is 32.2. The Hall–Kier alpha value is -6.75. The summed E-state index contributed by atoms with van der Waals surface area (Å²) >= 11 is 1.88. The van der Waals surface area contributed by atoms with Crippen molar-refractivity contribution in [3.05, 3.63) is 222 Å². The van der Waals surface area contributed by atoms with E-state index in [2.05, 4.69) is 164 Å². The molecule has 1 aliphatic carbocycles. The number of nitrogens with one attached hydrogen (secondary N) is 2. The van der Waals surface area contributed by atoms with Crippen molar-refractivity contribution in [2.75, 3.05) is 0 Å². The number of rotatable bonds is 6. The standard InChI is InChI=1S/C37H27NS.C8H8N2.C7H8/c38-24-28-20-21-32(31-19-11-10-18-30(31)26-14-6-2-7-15-26)37-35(28)34-23-29(25-12-4-1-5-13-25)22-33(36(34)39-37)27-16-8-3-9-17-27;1-10-8(9)7-5-3-2-4-6-7;1-7-5-3-2-4-6-7/h1-18,20-24,31,38H,19H2;2-6,9H,1H2;2-6H,1H3. The van der Waals surface area contributed by atoms with Gasteiger partial charge >= 0.3 is 0 Å². The lowest BCUT2D eigenvalue weighted by Gasteiger charge is -2.23. The fraction of sp³-hybridized carbons (Fsp3) is 0.0577. The molecule has 4 heteroatoms. The molecule has 9 rings (SSSR count). The van der Waals surface area contributed by atoms with Gasteiger partial charge < -0.3 is 5.41 Å². The summed E-state index contributed by atoms with van der Waals surface area (Å²) < 4.78 is 2.57. The summed E-state index contributed by atoms with van der Waals surface area (Å²) in [6.07, 6.45) is 9.23. The molecular weight excluding hydrogens is 699 g/mol. The third-order valence-electron chi connectivity index (χ3n) is 9.92. The highest BCUT2D eigenvalue weighted by atomic mass is 32.1. The lowest BCUT2D eigenvalue weighted by atomic mass is 9.81. The van der Waals surface area contributed by atoms with Crippen LogP contribution in [0, 0.1) is 17.7 Å². The van der Waals surface area contributed by atoms with Gasteiger partial charge in [0.15, 0.2) is 5.84 Å². The van der Waals surface area contributed by atoms with Crippen LogP contribution in [0.25, 0.3) is 48.0 Å². The van der Waals surface area contributed by atoms with Crippen LogP contribution in [0.4, 0.5) is 0 Å². The number of benzene rings is 7. The Kier molecular flexibility index (Phi) is 12.1. The van der Waals surface area contributed by atoms with E-state index in [9.17, 15) is 0 Å². The Morgan fingerprint density at radius 3 is 1.80 bits per heavy atom. The molecule has 0 radical (unpaired) electrons. The molecule has 0 fully saturated rings. The number of hydrogen-bond donors (Lipinski definition) is 2. The summed E-state index contributed by atoms with van der Waals surface area (Å²) in [5, 5.41) is 18.0. The zero-order chi connectivity index (χ0) is 38.7. The lowest BCUT2D eigenvalue weighted by molar-refractivity contribution is 0.884. The zero-order valence-electron chi connectivity index (χ0n) is 31.4. The largest absolute Gasteiger partial charge is 0.308 e. The molecule has 0 aliphatic heterocycles. The molecule has 1 heterocycles. The first kappa shape index (κ1) is 37.6. The number of amidine groups is 1. The number of nitrogens with zero attached hydrogens (tertiary/aromatic N) is 1. The highest BCUT2D eigenvalue weighted by Crippen LogP contribution is 2.48. The summed E-state index contributed by atoms with van der Waals surface area (Å²) in [6, 6.07) is 60.7. The van der Waals surface area contributed by atoms with Crippen LogP contribution in [0.1, 0.15) is 40.2 Å². The molecule has 1 aliphatic rings. The predicted octanol–water partition coefficient (Wildman–Crippen LogP) is 14.2. The van der Waals surface area contributed by atoms with E-state index in [0.717, 1.165) is 17.5 Å². The van der Waals surface area contributed by atoms with E-state index >= 15 is 0 Å². The van der Waals surface area contributed by atoms with Gasteiger partial charge in [0.25, 0.3) is 0 Å². The molecule has 0 spiro atoms. The Balaban J connectivity index is 0.000000233. The van der Waals surface area contributed by atoms with Crippen LogP contribution in [0.15, 0.2) is 199 Å². The van der Waals surface area contributed by atoms with Gasteiger partial charge in [-0.15, -0.1) is 11.3 Å². The van der Waals surface area contributed by atoms with Crippen molar-refractivity contribution in [2.45, 2.75) is 19.3 Å². The molecule has 0 bridgehead atoms. The maximum absolute atomic E-state index is 8.32. The molecule has 1 atom stereocenters. The minimum absolute atomic E-state index is 0.223. The van der Waals surface area contributed by atoms with Crippen molar-refractivity contribution in [1.82, 2.24) is 0 Å². The fourth-order valence-corrected chi connectivity index (χ4v) is 8.55. The van der Waals surface area contributed by atoms with Gasteiger partial charge in [-0.2, -0.15) is 0 Å². The van der Waals surface area contributed by atoms with Gasteiger partial charge in [0.2, 0.25) is 0 Å². The minimum Gasteiger partial charge on any atom is -0.308 e. The van der Waals surface area contributed by atoms with Gasteiger partial charge in [0.05, 0.1) is 0 Å². The summed E-state index contributed by atoms with van der Waals surface area (Å²) in [7, 11) is 0. The van der Waals surface area contributed by atoms with Gasteiger partial charge in [-0.3, -0.25) is 5.41 Å². The lowest BCUT2D eigenvalue weighted by Crippen LogP contribution is -2.04. The monoisotopic (exact) mass is 741 g/mol. The number of aryl methyl sites for hydroxylation is 1. The molecule has 272 valence electrons. The maximum Gasteiger partial charge on any atom is 0.151 e. The van der Waals surface area contributed by atoms with E-state index < -0.39 is 0 Å². The minimum atomic E-state index is 0.223. The Labute approximate surface area is 333 Å². The number of thiophene rings is 1. The Morgan fingerprint density at radius 2 is 1.23 bits per heavy atom. The van der Waals surface area contributed by atoms with Crippen LogP contribution < -0.4 is 0 Å². The summed E-state index contributed by atoms with van der Waals surface area (Å²) in [5.74, 6) is 0.488. The van der Waals surface area contributed by atoms with Crippen molar-refractivity contribution < 1.29 is 0 Å². The van der Waals surface area contributed by atoms with E-state index in [1.54, 1.807) is 0 Å². The summed E-state index contributed by atoms with van der Waals surface area (Å²) in [4.78, 5) is 3.49. The second kappa shape index (κ2) is 18.1.